The fourth-order valence-electron chi connectivity index (χ4n) is 2.71. The van der Waals surface area contributed by atoms with E-state index >= 15 is 0 Å². The van der Waals surface area contributed by atoms with Crippen molar-refractivity contribution in [1.29, 1.82) is 0 Å². The summed E-state index contributed by atoms with van der Waals surface area (Å²) in [5, 5.41) is 5.94. The molecule has 0 radical (unpaired) electrons. The molecule has 0 aromatic heterocycles. The van der Waals surface area contributed by atoms with Crippen LogP contribution < -0.4 is 15.4 Å². The van der Waals surface area contributed by atoms with Crippen molar-refractivity contribution in [3.05, 3.63) is 65.2 Å². The van der Waals surface area contributed by atoms with E-state index in [4.69, 9.17) is 9.73 Å². The molecule has 7 heteroatoms. The van der Waals surface area contributed by atoms with E-state index in [2.05, 4.69) is 21.6 Å². The summed E-state index contributed by atoms with van der Waals surface area (Å²) in [7, 11) is 5.31. The van der Waals surface area contributed by atoms with Crippen molar-refractivity contribution in [2.45, 2.75) is 20.0 Å². The molecule has 0 heterocycles. The normalized spacial score (nSPS) is 10.6. The van der Waals surface area contributed by atoms with Gasteiger partial charge in [-0.2, -0.15) is 0 Å². The van der Waals surface area contributed by atoms with Gasteiger partial charge in [0.05, 0.1) is 13.7 Å². The van der Waals surface area contributed by atoms with Gasteiger partial charge in [-0.25, -0.2) is 4.99 Å². The van der Waals surface area contributed by atoms with Gasteiger partial charge in [-0.3, -0.25) is 4.79 Å². The number of rotatable bonds is 7. The molecule has 2 rings (SSSR count). The summed E-state index contributed by atoms with van der Waals surface area (Å²) >= 11 is 0. The van der Waals surface area contributed by atoms with E-state index in [-0.39, 0.29) is 29.9 Å². The Labute approximate surface area is 184 Å². The highest BCUT2D eigenvalue weighted by atomic mass is 127. The molecular weight excluding hydrogens is 467 g/mol. The largest absolute Gasteiger partial charge is 0.496 e. The molecule has 2 aromatic carbocycles. The number of benzene rings is 2. The van der Waals surface area contributed by atoms with E-state index in [1.54, 1.807) is 14.2 Å². The Morgan fingerprint density at radius 1 is 1.14 bits per heavy atom. The minimum absolute atomic E-state index is 0. The highest BCUT2D eigenvalue weighted by Crippen LogP contribution is 2.18. The van der Waals surface area contributed by atoms with E-state index in [9.17, 15) is 4.79 Å². The minimum atomic E-state index is -0.0880. The molecule has 28 heavy (non-hydrogen) atoms. The first-order valence-corrected chi connectivity index (χ1v) is 9.01. The molecule has 0 aliphatic heterocycles. The second-order valence-electron chi connectivity index (χ2n) is 6.11. The molecule has 1 amide bonds. The summed E-state index contributed by atoms with van der Waals surface area (Å²) in [6.45, 7) is 4.05. The second-order valence-corrected chi connectivity index (χ2v) is 6.11. The molecule has 0 unspecified atom stereocenters. The van der Waals surface area contributed by atoms with Crippen molar-refractivity contribution < 1.29 is 9.53 Å². The summed E-state index contributed by atoms with van der Waals surface area (Å²) in [6, 6.07) is 15.5. The fraction of sp³-hybridized carbons (Fsp3) is 0.333. The number of hydrogen-bond donors (Lipinski definition) is 2. The zero-order valence-electron chi connectivity index (χ0n) is 16.9. The molecule has 152 valence electrons. The van der Waals surface area contributed by atoms with Gasteiger partial charge in [-0.1, -0.05) is 30.3 Å². The number of nitrogens with zero attached hydrogens (tertiary/aromatic N) is 2. The van der Waals surface area contributed by atoms with Crippen molar-refractivity contribution in [2.75, 3.05) is 27.7 Å². The SMILES string of the molecule is CCNC(=NCc1ccc(C(=O)NC)cc1)N(C)Cc1ccccc1OC.I. The van der Waals surface area contributed by atoms with Gasteiger partial charge < -0.3 is 20.3 Å². The lowest BCUT2D eigenvalue weighted by Gasteiger charge is -2.23. The Kier molecular flexibility index (Phi) is 10.4. The molecule has 2 N–H and O–H groups in total. The quantitative estimate of drug-likeness (QED) is 0.351. The number of hydrogen-bond acceptors (Lipinski definition) is 3. The number of para-hydroxylation sites is 1. The van der Waals surface area contributed by atoms with Crippen LogP contribution in [0.25, 0.3) is 0 Å². The molecule has 0 saturated carbocycles. The Balaban J connectivity index is 0.00000392. The molecule has 0 fully saturated rings. The van der Waals surface area contributed by atoms with Gasteiger partial charge >= 0.3 is 0 Å². The number of amides is 1. The highest BCUT2D eigenvalue weighted by Gasteiger charge is 2.10. The van der Waals surface area contributed by atoms with Crippen LogP contribution >= 0.6 is 24.0 Å². The Morgan fingerprint density at radius 2 is 1.82 bits per heavy atom. The topological polar surface area (TPSA) is 66.0 Å². The van der Waals surface area contributed by atoms with Gasteiger partial charge in [0.25, 0.3) is 5.91 Å². The summed E-state index contributed by atoms with van der Waals surface area (Å²) < 4.78 is 5.44. The highest BCUT2D eigenvalue weighted by molar-refractivity contribution is 14.0. The van der Waals surface area contributed by atoms with Gasteiger partial charge in [0.2, 0.25) is 0 Å². The molecule has 0 atom stereocenters. The van der Waals surface area contributed by atoms with Crippen LogP contribution in [0, 0.1) is 0 Å². The molecular formula is C21H29IN4O2. The average Bonchev–Trinajstić information content (AvgIpc) is 2.71. The summed E-state index contributed by atoms with van der Waals surface area (Å²) in [6.07, 6.45) is 0. The summed E-state index contributed by atoms with van der Waals surface area (Å²) in [5.41, 5.74) is 2.79. The van der Waals surface area contributed by atoms with E-state index in [0.717, 1.165) is 29.4 Å². The second kappa shape index (κ2) is 12.2. The maximum absolute atomic E-state index is 11.6. The van der Waals surface area contributed by atoms with Gasteiger partial charge in [0, 0.05) is 38.3 Å². The van der Waals surface area contributed by atoms with Crippen molar-refractivity contribution in [1.82, 2.24) is 15.5 Å². The number of carbonyl (C=O) groups is 1. The number of methoxy groups -OCH3 is 1. The zero-order valence-corrected chi connectivity index (χ0v) is 19.2. The van der Waals surface area contributed by atoms with Crippen LogP contribution in [-0.2, 0) is 13.1 Å². The monoisotopic (exact) mass is 496 g/mol. The number of nitrogens with one attached hydrogen (secondary N) is 2. The van der Waals surface area contributed by atoms with Crippen LogP contribution in [0.15, 0.2) is 53.5 Å². The molecule has 0 aliphatic carbocycles. The van der Waals surface area contributed by atoms with E-state index in [1.165, 1.54) is 0 Å². The Hall–Kier alpha value is -2.29. The molecule has 0 saturated heterocycles. The first-order chi connectivity index (χ1) is 13.1. The van der Waals surface area contributed by atoms with Gasteiger partial charge in [-0.15, -0.1) is 24.0 Å². The zero-order chi connectivity index (χ0) is 19.6. The van der Waals surface area contributed by atoms with Crippen LogP contribution in [-0.4, -0.2) is 44.5 Å². The molecule has 6 nitrogen and oxygen atoms in total. The predicted octanol–water partition coefficient (Wildman–Crippen LogP) is 3.27. The lowest BCUT2D eigenvalue weighted by atomic mass is 10.1. The van der Waals surface area contributed by atoms with Gasteiger partial charge in [-0.05, 0) is 30.7 Å². The smallest absolute Gasteiger partial charge is 0.251 e. The van der Waals surface area contributed by atoms with E-state index in [0.29, 0.717) is 18.7 Å². The maximum atomic E-state index is 11.6. The van der Waals surface area contributed by atoms with Crippen molar-refractivity contribution in [3.8, 4) is 5.75 Å². The maximum Gasteiger partial charge on any atom is 0.251 e. The number of guanidine groups is 1. The van der Waals surface area contributed by atoms with Crippen molar-refractivity contribution in [3.63, 3.8) is 0 Å². The van der Waals surface area contributed by atoms with E-state index in [1.807, 2.05) is 56.4 Å². The molecule has 0 spiro atoms. The van der Waals surface area contributed by atoms with Gasteiger partial charge in [0.15, 0.2) is 5.96 Å². The van der Waals surface area contributed by atoms with E-state index < -0.39 is 0 Å². The van der Waals surface area contributed by atoms with Crippen LogP contribution in [0.1, 0.15) is 28.4 Å². The van der Waals surface area contributed by atoms with Crippen LogP contribution in [0.2, 0.25) is 0 Å². The molecule has 0 bridgehead atoms. The number of ether oxygens (including phenoxy) is 1. The number of aliphatic imine (C=N–C) groups is 1. The number of halogens is 1. The fourth-order valence-corrected chi connectivity index (χ4v) is 2.71. The van der Waals surface area contributed by atoms with Crippen LogP contribution in [0.3, 0.4) is 0 Å². The minimum Gasteiger partial charge on any atom is -0.496 e. The van der Waals surface area contributed by atoms with Crippen molar-refractivity contribution >= 4 is 35.8 Å². The lowest BCUT2D eigenvalue weighted by molar-refractivity contribution is 0.0963. The first-order valence-electron chi connectivity index (χ1n) is 9.01. The van der Waals surface area contributed by atoms with Gasteiger partial charge in [0.1, 0.15) is 5.75 Å². The third kappa shape index (κ3) is 6.70. The Morgan fingerprint density at radius 3 is 2.43 bits per heavy atom. The van der Waals surface area contributed by atoms with Crippen LogP contribution in [0.4, 0.5) is 0 Å². The van der Waals surface area contributed by atoms with Crippen molar-refractivity contribution in [2.24, 2.45) is 4.99 Å². The molecule has 0 aliphatic rings. The first kappa shape index (κ1) is 23.7. The average molecular weight is 496 g/mol. The standard InChI is InChI=1S/C21H28N4O2.HI/c1-5-23-21(25(3)15-18-8-6-7-9-19(18)27-4)24-14-16-10-12-17(13-11-16)20(26)22-2;/h6-13H,5,14-15H2,1-4H3,(H,22,26)(H,23,24);1H. The lowest BCUT2D eigenvalue weighted by Crippen LogP contribution is -2.38. The number of carbonyl (C=O) groups excluding carboxylic acids is 1. The summed E-state index contributed by atoms with van der Waals surface area (Å²) in [4.78, 5) is 18.4. The Bertz CT molecular complexity index is 778. The van der Waals surface area contributed by atoms with Crippen LogP contribution in [0.5, 0.6) is 5.75 Å². The summed E-state index contributed by atoms with van der Waals surface area (Å²) in [5.74, 6) is 1.60. The third-order valence-electron chi connectivity index (χ3n) is 4.15. The molecule has 2 aromatic rings. The third-order valence-corrected chi connectivity index (χ3v) is 4.15. The predicted molar refractivity (Wildman–Crippen MR) is 125 cm³/mol.